The largest absolute Gasteiger partial charge is 0.371 e. The second-order valence-corrected chi connectivity index (χ2v) is 6.79. The molecule has 0 saturated carbocycles. The van der Waals surface area contributed by atoms with E-state index in [-0.39, 0.29) is 24.2 Å². The first-order valence-electron chi connectivity index (χ1n) is 7.79. The van der Waals surface area contributed by atoms with Crippen LogP contribution in [0.3, 0.4) is 0 Å². The molecule has 1 saturated heterocycles. The number of aromatic nitrogens is 1. The number of amides is 2. The Morgan fingerprint density at radius 3 is 2.87 bits per heavy atom. The third-order valence-electron chi connectivity index (χ3n) is 3.96. The summed E-state index contributed by atoms with van der Waals surface area (Å²) in [5, 5.41) is 8.96. The number of ether oxygens (including phenoxy) is 1. The lowest BCUT2D eigenvalue weighted by atomic mass is 10.0. The Hall–Kier alpha value is -1.92. The van der Waals surface area contributed by atoms with Gasteiger partial charge in [0.2, 0.25) is 0 Å². The van der Waals surface area contributed by atoms with Gasteiger partial charge in [0, 0.05) is 12.0 Å². The minimum absolute atomic E-state index is 0.0122. The van der Waals surface area contributed by atoms with Crippen LogP contribution in [0, 0.1) is 6.92 Å². The quantitative estimate of drug-likeness (QED) is 0.903. The number of thiazole rings is 1. The van der Waals surface area contributed by atoms with E-state index in [0.29, 0.717) is 6.61 Å². The summed E-state index contributed by atoms with van der Waals surface area (Å²) in [6.07, 6.45) is 0.732. The Morgan fingerprint density at radius 1 is 1.39 bits per heavy atom. The van der Waals surface area contributed by atoms with Crippen LogP contribution in [0.15, 0.2) is 35.7 Å². The first-order valence-corrected chi connectivity index (χ1v) is 8.67. The van der Waals surface area contributed by atoms with Gasteiger partial charge in [-0.25, -0.2) is 9.78 Å². The molecule has 0 bridgehead atoms. The van der Waals surface area contributed by atoms with Gasteiger partial charge in [-0.3, -0.25) is 0 Å². The zero-order chi connectivity index (χ0) is 16.2. The van der Waals surface area contributed by atoms with Gasteiger partial charge in [-0.2, -0.15) is 0 Å². The first-order chi connectivity index (χ1) is 11.1. The monoisotopic (exact) mass is 331 g/mol. The molecule has 2 amide bonds. The number of hydrogen-bond acceptors (Lipinski definition) is 4. The smallest absolute Gasteiger partial charge is 0.315 e. The summed E-state index contributed by atoms with van der Waals surface area (Å²) in [6, 6.07) is 9.71. The maximum atomic E-state index is 12.3. The molecule has 0 unspecified atom stereocenters. The summed E-state index contributed by atoms with van der Waals surface area (Å²) < 4.78 is 5.79. The molecule has 1 aromatic heterocycles. The Balaban J connectivity index is 1.59. The molecule has 0 aliphatic carbocycles. The van der Waals surface area contributed by atoms with Crippen molar-refractivity contribution < 1.29 is 9.53 Å². The molecule has 1 aliphatic rings. The molecule has 1 aliphatic heterocycles. The fourth-order valence-corrected chi connectivity index (χ4v) is 3.47. The zero-order valence-corrected chi connectivity index (χ0v) is 14.1. The van der Waals surface area contributed by atoms with Crippen LogP contribution in [0.1, 0.15) is 41.8 Å². The maximum Gasteiger partial charge on any atom is 0.315 e. The van der Waals surface area contributed by atoms with Crippen LogP contribution < -0.4 is 10.6 Å². The number of nitrogens with zero attached hydrogens (tertiary/aromatic N) is 1. The predicted octanol–water partition coefficient (Wildman–Crippen LogP) is 3.34. The molecule has 2 aromatic rings. The molecule has 0 radical (unpaired) electrons. The Bertz CT molecular complexity index is 659. The summed E-state index contributed by atoms with van der Waals surface area (Å²) in [4.78, 5) is 16.7. The van der Waals surface area contributed by atoms with Gasteiger partial charge in [0.05, 0.1) is 22.8 Å². The lowest BCUT2D eigenvalue weighted by molar-refractivity contribution is 0.0998. The van der Waals surface area contributed by atoms with Gasteiger partial charge in [-0.15, -0.1) is 11.3 Å². The molecule has 23 heavy (non-hydrogen) atoms. The number of urea groups is 1. The molecule has 122 valence electrons. The van der Waals surface area contributed by atoms with E-state index in [1.54, 1.807) is 11.3 Å². The van der Waals surface area contributed by atoms with Gasteiger partial charge in [0.15, 0.2) is 0 Å². The highest BCUT2D eigenvalue weighted by Gasteiger charge is 2.31. The molecule has 2 N–H and O–H groups in total. The van der Waals surface area contributed by atoms with Crippen molar-refractivity contribution in [3.63, 3.8) is 0 Å². The lowest BCUT2D eigenvalue weighted by Crippen LogP contribution is -2.44. The third-order valence-corrected chi connectivity index (χ3v) is 4.76. The van der Waals surface area contributed by atoms with E-state index in [2.05, 4.69) is 15.6 Å². The summed E-state index contributed by atoms with van der Waals surface area (Å²) in [6.45, 7) is 4.56. The van der Waals surface area contributed by atoms with Crippen molar-refractivity contribution in [2.24, 2.45) is 0 Å². The fourth-order valence-electron chi connectivity index (χ4n) is 2.77. The summed E-state index contributed by atoms with van der Waals surface area (Å²) >= 11 is 1.59. The maximum absolute atomic E-state index is 12.3. The van der Waals surface area contributed by atoms with Crippen molar-refractivity contribution in [2.75, 3.05) is 6.61 Å². The van der Waals surface area contributed by atoms with Gasteiger partial charge in [-0.05, 0) is 25.8 Å². The summed E-state index contributed by atoms with van der Waals surface area (Å²) in [5.74, 6) is 0. The number of carbonyl (C=O) groups is 1. The van der Waals surface area contributed by atoms with Gasteiger partial charge >= 0.3 is 6.03 Å². The van der Waals surface area contributed by atoms with E-state index in [4.69, 9.17) is 4.74 Å². The molecule has 6 heteroatoms. The van der Waals surface area contributed by atoms with Crippen molar-refractivity contribution in [3.05, 3.63) is 52.0 Å². The number of benzene rings is 1. The second-order valence-electron chi connectivity index (χ2n) is 5.73. The fraction of sp³-hybridized carbons (Fsp3) is 0.412. The zero-order valence-electron chi connectivity index (χ0n) is 13.3. The highest BCUT2D eigenvalue weighted by atomic mass is 32.1. The van der Waals surface area contributed by atoms with E-state index in [1.807, 2.05) is 49.6 Å². The number of rotatable bonds is 4. The molecule has 1 fully saturated rings. The molecule has 3 atom stereocenters. The topological polar surface area (TPSA) is 63.2 Å². The van der Waals surface area contributed by atoms with E-state index in [9.17, 15) is 4.79 Å². The van der Waals surface area contributed by atoms with Crippen molar-refractivity contribution in [2.45, 2.75) is 38.5 Å². The van der Waals surface area contributed by atoms with Gasteiger partial charge in [-0.1, -0.05) is 30.3 Å². The van der Waals surface area contributed by atoms with E-state index in [0.717, 1.165) is 22.7 Å². The normalized spacial score (nSPS) is 21.8. The first kappa shape index (κ1) is 16.0. The minimum atomic E-state index is -0.181. The number of aryl methyl sites for hydroxylation is 1. The highest BCUT2D eigenvalue weighted by Crippen LogP contribution is 2.29. The minimum Gasteiger partial charge on any atom is -0.371 e. The van der Waals surface area contributed by atoms with Gasteiger partial charge < -0.3 is 15.4 Å². The van der Waals surface area contributed by atoms with Crippen molar-refractivity contribution in [1.82, 2.24) is 15.6 Å². The van der Waals surface area contributed by atoms with Crippen LogP contribution in [-0.4, -0.2) is 23.7 Å². The Kier molecular flexibility index (Phi) is 4.93. The molecule has 2 heterocycles. The molecular weight excluding hydrogens is 310 g/mol. The van der Waals surface area contributed by atoms with Crippen molar-refractivity contribution in [3.8, 4) is 0 Å². The molecule has 1 aromatic carbocycles. The summed E-state index contributed by atoms with van der Waals surface area (Å²) in [7, 11) is 0. The van der Waals surface area contributed by atoms with Crippen molar-refractivity contribution >= 4 is 17.4 Å². The Labute approximate surface area is 140 Å². The van der Waals surface area contributed by atoms with Crippen LogP contribution in [0.25, 0.3) is 0 Å². The third kappa shape index (κ3) is 3.89. The number of nitrogens with one attached hydrogen (secondary N) is 2. The highest BCUT2D eigenvalue weighted by molar-refractivity contribution is 7.09. The van der Waals surface area contributed by atoms with E-state index in [1.165, 1.54) is 0 Å². The van der Waals surface area contributed by atoms with Crippen LogP contribution in [-0.2, 0) is 4.74 Å². The van der Waals surface area contributed by atoms with Crippen LogP contribution in [0.4, 0.5) is 4.79 Å². The Morgan fingerprint density at radius 2 is 2.17 bits per heavy atom. The van der Waals surface area contributed by atoms with E-state index >= 15 is 0 Å². The lowest BCUT2D eigenvalue weighted by Gasteiger charge is -2.21. The molecule has 5 nitrogen and oxygen atoms in total. The van der Waals surface area contributed by atoms with Crippen LogP contribution >= 0.6 is 11.3 Å². The number of carbonyl (C=O) groups excluding carboxylic acids is 1. The molecular formula is C17H21N3O2S. The van der Waals surface area contributed by atoms with Gasteiger partial charge in [0.1, 0.15) is 6.10 Å². The molecule has 3 rings (SSSR count). The average Bonchev–Trinajstić information content (AvgIpc) is 3.17. The average molecular weight is 331 g/mol. The van der Waals surface area contributed by atoms with Crippen LogP contribution in [0.5, 0.6) is 0 Å². The molecule has 0 spiro atoms. The van der Waals surface area contributed by atoms with Crippen LogP contribution in [0.2, 0.25) is 0 Å². The second kappa shape index (κ2) is 7.10. The van der Waals surface area contributed by atoms with Gasteiger partial charge in [0.25, 0.3) is 0 Å². The van der Waals surface area contributed by atoms with Crippen molar-refractivity contribution in [1.29, 1.82) is 0 Å². The standard InChI is InChI=1S/C17H21N3O2S/c1-11(15-10-23-12(2)19-15)18-17(21)20-14-8-9-22-16(14)13-6-4-3-5-7-13/h3-7,10-11,14,16H,8-9H2,1-2H3,(H2,18,20,21)/t11-,14-,16+/m0/s1. The SMILES string of the molecule is Cc1nc([C@H](C)NC(=O)N[C@H]2CCO[C@@H]2c2ccccc2)cs1. The summed E-state index contributed by atoms with van der Waals surface area (Å²) in [5.41, 5.74) is 1.99. The van der Waals surface area contributed by atoms with E-state index < -0.39 is 0 Å². The number of hydrogen-bond donors (Lipinski definition) is 2. The predicted molar refractivity (Wildman–Crippen MR) is 90.5 cm³/mol.